The number of carbonyl (C=O) groups excluding carboxylic acids is 6. The van der Waals surface area contributed by atoms with E-state index in [1.54, 1.807) is 44.0 Å². The van der Waals surface area contributed by atoms with Crippen molar-refractivity contribution in [3.05, 3.63) is 64.6 Å². The molecule has 0 bridgehead atoms. The molecule has 69 heavy (non-hydrogen) atoms. The van der Waals surface area contributed by atoms with Gasteiger partial charge in [0.15, 0.2) is 0 Å². The van der Waals surface area contributed by atoms with Crippen LogP contribution in [0.2, 0.25) is 0 Å². The summed E-state index contributed by atoms with van der Waals surface area (Å²) < 4.78 is 12.7. The summed E-state index contributed by atoms with van der Waals surface area (Å²) in [6.07, 6.45) is 2.70. The van der Waals surface area contributed by atoms with Crippen LogP contribution < -0.4 is 15.5 Å². The number of carbonyl (C=O) groups is 6. The Morgan fingerprint density at radius 1 is 0.870 bits per heavy atom. The number of nitrogens with one attached hydrogen (secondary N) is 2. The Hall–Kier alpha value is -5.53. The van der Waals surface area contributed by atoms with Gasteiger partial charge in [-0.05, 0) is 49.0 Å². The number of methoxy groups -OCH3 is 2. The lowest BCUT2D eigenvalue weighted by Crippen LogP contribution is -2.60. The lowest BCUT2D eigenvalue weighted by Gasteiger charge is -2.41. The van der Waals surface area contributed by atoms with Crippen molar-refractivity contribution in [3.63, 3.8) is 0 Å². The van der Waals surface area contributed by atoms with E-state index < -0.39 is 65.8 Å². The number of nitrogens with zero attached hydrogens (tertiary/aromatic N) is 5. The Labute approximate surface area is 411 Å². The third-order valence-electron chi connectivity index (χ3n) is 13.3. The minimum Gasteiger partial charge on any atom is -0.492 e. The Morgan fingerprint density at radius 2 is 1.54 bits per heavy atom. The summed E-state index contributed by atoms with van der Waals surface area (Å²) in [5.41, 5.74) is 1.06. The van der Waals surface area contributed by atoms with E-state index in [9.17, 15) is 39.0 Å². The van der Waals surface area contributed by atoms with Crippen LogP contribution in [-0.4, -0.2) is 141 Å². The van der Waals surface area contributed by atoms with Crippen molar-refractivity contribution in [2.75, 3.05) is 34.9 Å². The van der Waals surface area contributed by atoms with Gasteiger partial charge in [-0.2, -0.15) is 0 Å². The maximum Gasteiger partial charge on any atom is 0.333 e. The van der Waals surface area contributed by atoms with E-state index in [1.165, 1.54) is 30.4 Å². The van der Waals surface area contributed by atoms with E-state index in [-0.39, 0.29) is 73.2 Å². The molecule has 4 N–H and O–H groups in total. The van der Waals surface area contributed by atoms with Crippen molar-refractivity contribution in [1.82, 2.24) is 35.0 Å². The number of likely N-dealkylation sites (N-methyl/N-ethyl adjacent to an activating group) is 2. The molecule has 1 aliphatic rings. The first-order valence-electron chi connectivity index (χ1n) is 24.0. The topological polar surface area (TPSA) is 222 Å². The van der Waals surface area contributed by atoms with Crippen molar-refractivity contribution in [2.24, 2.45) is 23.7 Å². The number of aromatic nitrogens is 2. The second-order valence-electron chi connectivity index (χ2n) is 18.8. The zero-order valence-corrected chi connectivity index (χ0v) is 42.9. The predicted molar refractivity (Wildman–Crippen MR) is 261 cm³/mol. The average molecular weight is 982 g/mol. The number of amides is 5. The summed E-state index contributed by atoms with van der Waals surface area (Å²) in [6, 6.07) is 8.95. The van der Waals surface area contributed by atoms with Crippen LogP contribution >= 0.6 is 11.3 Å². The molecule has 19 heteroatoms. The molecule has 2 aromatic heterocycles. The highest BCUT2D eigenvalue weighted by molar-refractivity contribution is 7.09. The van der Waals surface area contributed by atoms with Crippen LogP contribution in [0.15, 0.2) is 54.0 Å². The molecule has 1 saturated heterocycles. The van der Waals surface area contributed by atoms with Gasteiger partial charge in [0, 0.05) is 71.4 Å². The molecule has 18 nitrogen and oxygen atoms in total. The molecule has 9 unspecified atom stereocenters. The van der Waals surface area contributed by atoms with Crippen LogP contribution in [0.4, 0.5) is 0 Å². The highest BCUT2D eigenvalue weighted by Crippen LogP contribution is 2.31. The highest BCUT2D eigenvalue weighted by Gasteiger charge is 2.44. The Balaban J connectivity index is 1.44. The Morgan fingerprint density at radius 3 is 2.10 bits per heavy atom. The lowest BCUT2D eigenvalue weighted by atomic mass is 9.89. The van der Waals surface area contributed by atoms with Crippen LogP contribution in [0, 0.1) is 23.7 Å². The minimum atomic E-state index is -0.996. The van der Waals surface area contributed by atoms with E-state index >= 15 is 0 Å². The number of aromatic hydroxyl groups is 2. The van der Waals surface area contributed by atoms with Crippen LogP contribution in [0.1, 0.15) is 110 Å². The molecule has 4 rings (SSSR count). The minimum absolute atomic E-state index is 0.0457. The molecule has 9 atom stereocenters. The number of thiazole rings is 1. The molecule has 3 heterocycles. The monoisotopic (exact) mass is 982 g/mol. The standard InChI is InChI=1S/C50H75N7O11S/c1-12-32(6)45(55(9)50(65)43(30(2)3)53-48(64)44(31(4)5)54(8)38(58)21-16-22-42(62)68-57-39(59)23-24-40(57)60)37(66-10)29-41(61)56-26-17-20-36(56)46(67-11)33(7)47(63)52-35(49-51-25-27-69-49)28-34-18-14-13-15-19-34/h13-15,18-19,23-25,27,30-33,35-37,43-46,59-60H,12,16-17,20-22,26,28-29H2,1-11H3,(H,52,63)(H,53,64). The van der Waals surface area contributed by atoms with Gasteiger partial charge in [0.2, 0.25) is 41.3 Å². The molecule has 1 fully saturated rings. The van der Waals surface area contributed by atoms with E-state index in [4.69, 9.17) is 14.3 Å². The van der Waals surface area contributed by atoms with Crippen molar-refractivity contribution in [3.8, 4) is 11.8 Å². The van der Waals surface area contributed by atoms with Crippen molar-refractivity contribution in [1.29, 1.82) is 0 Å². The summed E-state index contributed by atoms with van der Waals surface area (Å²) in [5, 5.41) is 28.3. The zero-order chi connectivity index (χ0) is 51.1. The van der Waals surface area contributed by atoms with Crippen LogP contribution in [0.25, 0.3) is 0 Å². The fraction of sp³-hybridized carbons (Fsp3) is 0.620. The predicted octanol–water partition coefficient (Wildman–Crippen LogP) is 5.13. The van der Waals surface area contributed by atoms with Crippen LogP contribution in [0.5, 0.6) is 11.8 Å². The number of hydrogen-bond donors (Lipinski definition) is 4. The van der Waals surface area contributed by atoms with E-state index in [0.29, 0.717) is 30.5 Å². The largest absolute Gasteiger partial charge is 0.492 e. The first kappa shape index (κ1) is 56.1. The first-order valence-corrected chi connectivity index (χ1v) is 24.9. The van der Waals surface area contributed by atoms with Crippen molar-refractivity contribution in [2.45, 2.75) is 142 Å². The van der Waals surface area contributed by atoms with Gasteiger partial charge in [-0.1, -0.05) is 85.2 Å². The van der Waals surface area contributed by atoms with E-state index in [1.807, 2.05) is 70.3 Å². The summed E-state index contributed by atoms with van der Waals surface area (Å²) in [4.78, 5) is 97.1. The smallest absolute Gasteiger partial charge is 0.333 e. The number of ether oxygens (including phenoxy) is 2. The summed E-state index contributed by atoms with van der Waals surface area (Å²) in [6.45, 7) is 13.5. The number of hydrogen-bond acceptors (Lipinski definition) is 13. The number of likely N-dealkylation sites (tertiary alicyclic amines) is 1. The van der Waals surface area contributed by atoms with Gasteiger partial charge < -0.3 is 49.9 Å². The molecule has 0 saturated carbocycles. The quantitative estimate of drug-likeness (QED) is 0.0823. The van der Waals surface area contributed by atoms with Crippen molar-refractivity contribution >= 4 is 46.8 Å². The molecule has 0 radical (unpaired) electrons. The Kier molecular flexibility index (Phi) is 21.5. The van der Waals surface area contributed by atoms with Crippen LogP contribution in [-0.2, 0) is 44.7 Å². The molecule has 5 amide bonds. The SMILES string of the molecule is CCC(C)C(C(CC(=O)N1CCCC1C(OC)C(C)C(=O)NC(Cc1ccccc1)c1nccs1)OC)N(C)C(=O)C(NC(=O)C(C(C)C)N(C)C(=O)CCCC(=O)On1c(O)ccc1O)C(C)C. The second kappa shape index (κ2) is 26.4. The molecular weight excluding hydrogens is 907 g/mol. The van der Waals surface area contributed by atoms with Gasteiger partial charge in [0.05, 0.1) is 42.7 Å². The van der Waals surface area contributed by atoms with Gasteiger partial charge in [-0.3, -0.25) is 24.0 Å². The number of rotatable bonds is 26. The van der Waals surface area contributed by atoms with Gasteiger partial charge in [0.25, 0.3) is 0 Å². The highest BCUT2D eigenvalue weighted by atomic mass is 32.1. The first-order chi connectivity index (χ1) is 32.7. The van der Waals surface area contributed by atoms with Crippen molar-refractivity contribution < 1.29 is 53.3 Å². The maximum atomic E-state index is 14.6. The molecule has 1 aromatic carbocycles. The lowest BCUT2D eigenvalue weighted by molar-refractivity contribution is -0.148. The van der Waals surface area contributed by atoms with Gasteiger partial charge >= 0.3 is 5.97 Å². The Bertz CT molecular complexity index is 2120. The van der Waals surface area contributed by atoms with Gasteiger partial charge in [-0.15, -0.1) is 16.1 Å². The fourth-order valence-corrected chi connectivity index (χ4v) is 10.0. The summed E-state index contributed by atoms with van der Waals surface area (Å²) in [7, 11) is 6.25. The van der Waals surface area contributed by atoms with Gasteiger partial charge in [0.1, 0.15) is 17.1 Å². The maximum absolute atomic E-state index is 14.6. The summed E-state index contributed by atoms with van der Waals surface area (Å²) >= 11 is 1.48. The molecule has 382 valence electrons. The normalized spacial score (nSPS) is 17.3. The van der Waals surface area contributed by atoms with E-state index in [2.05, 4.69) is 15.6 Å². The fourth-order valence-electron chi connectivity index (χ4n) is 9.32. The van der Waals surface area contributed by atoms with E-state index in [0.717, 1.165) is 29.1 Å². The molecule has 1 aliphatic heterocycles. The summed E-state index contributed by atoms with van der Waals surface area (Å²) in [5.74, 6) is -4.89. The molecular formula is C50H75N7O11S. The second-order valence-corrected chi connectivity index (χ2v) is 19.7. The average Bonchev–Trinajstić information content (AvgIpc) is 4.11. The molecule has 0 spiro atoms. The van der Waals surface area contributed by atoms with Gasteiger partial charge in [-0.25, -0.2) is 9.78 Å². The molecule has 3 aromatic rings. The number of benzene rings is 1. The van der Waals surface area contributed by atoms with Crippen LogP contribution in [0.3, 0.4) is 0 Å². The third kappa shape index (κ3) is 14.7. The molecule has 0 aliphatic carbocycles. The zero-order valence-electron chi connectivity index (χ0n) is 42.1. The third-order valence-corrected chi connectivity index (χ3v) is 14.2.